The van der Waals surface area contributed by atoms with Gasteiger partial charge in [0.2, 0.25) is 0 Å². The highest BCUT2D eigenvalue weighted by atomic mass is 16.4. The number of aliphatic carboxylic acids is 1. The molecular weight excluding hydrogens is 272 g/mol. The number of hydrogen-bond acceptors (Lipinski definition) is 3. The SMILES string of the molecule is Cc1ccc(N(CC(=O)O)C(=O)N2CCCC(O)C2)cc1. The van der Waals surface area contributed by atoms with Crippen LogP contribution in [0.2, 0.25) is 0 Å². The van der Waals surface area contributed by atoms with Crippen molar-refractivity contribution in [2.45, 2.75) is 25.9 Å². The van der Waals surface area contributed by atoms with Gasteiger partial charge in [-0.25, -0.2) is 4.79 Å². The molecule has 0 spiro atoms. The minimum atomic E-state index is -1.07. The summed E-state index contributed by atoms with van der Waals surface area (Å²) < 4.78 is 0. The molecule has 1 aliphatic heterocycles. The van der Waals surface area contributed by atoms with Gasteiger partial charge in [-0.3, -0.25) is 9.69 Å². The molecule has 0 aliphatic carbocycles. The Morgan fingerprint density at radius 3 is 2.57 bits per heavy atom. The van der Waals surface area contributed by atoms with E-state index in [1.807, 2.05) is 19.1 Å². The first-order valence-electron chi connectivity index (χ1n) is 7.00. The first kappa shape index (κ1) is 15.3. The topological polar surface area (TPSA) is 81.1 Å². The number of urea groups is 1. The Hall–Kier alpha value is -2.08. The zero-order chi connectivity index (χ0) is 15.4. The summed E-state index contributed by atoms with van der Waals surface area (Å²) in [6.45, 7) is 2.32. The molecule has 1 aromatic rings. The van der Waals surface area contributed by atoms with Crippen LogP contribution in [0.5, 0.6) is 0 Å². The predicted molar refractivity (Wildman–Crippen MR) is 78.4 cm³/mol. The van der Waals surface area contributed by atoms with Crippen LogP contribution in [-0.2, 0) is 4.79 Å². The summed E-state index contributed by atoms with van der Waals surface area (Å²) in [6.07, 6.45) is 0.863. The summed E-state index contributed by atoms with van der Waals surface area (Å²) in [6, 6.07) is 6.76. The van der Waals surface area contributed by atoms with Crippen LogP contribution in [-0.4, -0.2) is 52.9 Å². The van der Waals surface area contributed by atoms with E-state index in [2.05, 4.69) is 0 Å². The quantitative estimate of drug-likeness (QED) is 0.884. The number of anilines is 1. The number of carbonyl (C=O) groups is 2. The molecule has 0 bridgehead atoms. The number of rotatable bonds is 3. The van der Waals surface area contributed by atoms with Crippen LogP contribution in [0.1, 0.15) is 18.4 Å². The van der Waals surface area contributed by atoms with E-state index in [4.69, 9.17) is 5.11 Å². The van der Waals surface area contributed by atoms with Crippen LogP contribution in [0.25, 0.3) is 0 Å². The smallest absolute Gasteiger partial charge is 0.325 e. The second kappa shape index (κ2) is 6.58. The highest BCUT2D eigenvalue weighted by molar-refractivity contribution is 5.96. The van der Waals surface area contributed by atoms with Crippen molar-refractivity contribution in [2.24, 2.45) is 0 Å². The number of benzene rings is 1. The third-order valence-corrected chi connectivity index (χ3v) is 3.54. The Labute approximate surface area is 123 Å². The van der Waals surface area contributed by atoms with Crippen LogP contribution < -0.4 is 4.90 Å². The van der Waals surface area contributed by atoms with Crippen molar-refractivity contribution < 1.29 is 19.8 Å². The maximum atomic E-state index is 12.5. The lowest BCUT2D eigenvalue weighted by Crippen LogP contribution is -2.50. The second-order valence-corrected chi connectivity index (χ2v) is 5.34. The summed E-state index contributed by atoms with van der Waals surface area (Å²) in [5, 5.41) is 18.7. The number of carboxylic acid groups (broad SMARTS) is 1. The van der Waals surface area contributed by atoms with Crippen molar-refractivity contribution in [3.8, 4) is 0 Å². The Kier molecular flexibility index (Phi) is 4.80. The molecule has 1 atom stereocenters. The monoisotopic (exact) mass is 292 g/mol. The molecule has 2 amide bonds. The minimum absolute atomic E-state index is 0.251. The lowest BCUT2D eigenvalue weighted by molar-refractivity contribution is -0.135. The number of aliphatic hydroxyl groups excluding tert-OH is 1. The zero-order valence-corrected chi connectivity index (χ0v) is 12.0. The van der Waals surface area contributed by atoms with Gasteiger partial charge in [0, 0.05) is 18.8 Å². The van der Waals surface area contributed by atoms with Crippen LogP contribution in [0.4, 0.5) is 10.5 Å². The fourth-order valence-corrected chi connectivity index (χ4v) is 2.43. The highest BCUT2D eigenvalue weighted by Crippen LogP contribution is 2.19. The van der Waals surface area contributed by atoms with Gasteiger partial charge in [0.25, 0.3) is 0 Å². The molecule has 1 saturated heterocycles. The van der Waals surface area contributed by atoms with Crippen LogP contribution in [0.15, 0.2) is 24.3 Å². The van der Waals surface area contributed by atoms with Gasteiger partial charge in [0.15, 0.2) is 0 Å². The van der Waals surface area contributed by atoms with Gasteiger partial charge in [-0.2, -0.15) is 0 Å². The number of amides is 2. The van der Waals surface area contributed by atoms with Crippen molar-refractivity contribution in [3.05, 3.63) is 29.8 Å². The highest BCUT2D eigenvalue weighted by Gasteiger charge is 2.28. The number of hydrogen-bond donors (Lipinski definition) is 2. The molecule has 21 heavy (non-hydrogen) atoms. The molecule has 0 aromatic heterocycles. The van der Waals surface area contributed by atoms with Gasteiger partial charge in [-0.15, -0.1) is 0 Å². The molecule has 6 heteroatoms. The van der Waals surface area contributed by atoms with Crippen molar-refractivity contribution in [1.29, 1.82) is 0 Å². The molecule has 2 rings (SSSR count). The number of aliphatic hydroxyl groups is 1. The maximum Gasteiger partial charge on any atom is 0.325 e. The molecule has 1 unspecified atom stereocenters. The number of carbonyl (C=O) groups excluding carboxylic acids is 1. The zero-order valence-electron chi connectivity index (χ0n) is 12.0. The van der Waals surface area contributed by atoms with Gasteiger partial charge >= 0.3 is 12.0 Å². The predicted octanol–water partition coefficient (Wildman–Crippen LogP) is 1.46. The average molecular weight is 292 g/mol. The van der Waals surface area contributed by atoms with Gasteiger partial charge in [0.05, 0.1) is 6.10 Å². The normalized spacial score (nSPS) is 18.4. The standard InChI is InChI=1S/C15H20N2O4/c1-11-4-6-12(7-5-11)17(10-14(19)20)15(21)16-8-2-3-13(18)9-16/h4-7,13,18H,2-3,8-10H2,1H3,(H,19,20). The summed E-state index contributed by atoms with van der Waals surface area (Å²) in [7, 11) is 0. The largest absolute Gasteiger partial charge is 0.480 e. The summed E-state index contributed by atoms with van der Waals surface area (Å²) in [5.74, 6) is -1.07. The lowest BCUT2D eigenvalue weighted by Gasteiger charge is -2.34. The lowest BCUT2D eigenvalue weighted by atomic mass is 10.1. The maximum absolute atomic E-state index is 12.5. The van der Waals surface area contributed by atoms with Gasteiger partial charge in [0.1, 0.15) is 6.54 Å². The third kappa shape index (κ3) is 3.95. The fourth-order valence-electron chi connectivity index (χ4n) is 2.43. The first-order chi connectivity index (χ1) is 9.97. The Morgan fingerprint density at radius 1 is 1.33 bits per heavy atom. The molecular formula is C15H20N2O4. The molecule has 114 valence electrons. The molecule has 1 aliphatic rings. The summed E-state index contributed by atoms with van der Waals surface area (Å²) >= 11 is 0. The van der Waals surface area contributed by atoms with E-state index in [0.29, 0.717) is 18.7 Å². The van der Waals surface area contributed by atoms with E-state index in [-0.39, 0.29) is 12.6 Å². The molecule has 0 saturated carbocycles. The van der Waals surface area contributed by atoms with Crippen LogP contribution >= 0.6 is 0 Å². The van der Waals surface area contributed by atoms with E-state index >= 15 is 0 Å². The molecule has 2 N–H and O–H groups in total. The van der Waals surface area contributed by atoms with Crippen molar-refractivity contribution in [3.63, 3.8) is 0 Å². The third-order valence-electron chi connectivity index (χ3n) is 3.54. The molecule has 1 heterocycles. The van der Waals surface area contributed by atoms with E-state index in [0.717, 1.165) is 12.0 Å². The fraction of sp³-hybridized carbons (Fsp3) is 0.467. The van der Waals surface area contributed by atoms with E-state index in [1.54, 1.807) is 12.1 Å². The molecule has 6 nitrogen and oxygen atoms in total. The van der Waals surface area contributed by atoms with Crippen molar-refractivity contribution in [1.82, 2.24) is 4.90 Å². The summed E-state index contributed by atoms with van der Waals surface area (Å²) in [5.41, 5.74) is 1.59. The molecule has 1 aromatic carbocycles. The minimum Gasteiger partial charge on any atom is -0.480 e. The van der Waals surface area contributed by atoms with Crippen LogP contribution in [0.3, 0.4) is 0 Å². The average Bonchev–Trinajstić information content (AvgIpc) is 2.45. The number of likely N-dealkylation sites (tertiary alicyclic amines) is 1. The number of β-amino-alcohol motifs (C(OH)–C–C–N with tert-alkyl or cyclic N) is 1. The van der Waals surface area contributed by atoms with Gasteiger partial charge in [-0.1, -0.05) is 17.7 Å². The Morgan fingerprint density at radius 2 is 2.00 bits per heavy atom. The van der Waals surface area contributed by atoms with Crippen molar-refractivity contribution >= 4 is 17.7 Å². The molecule has 0 radical (unpaired) electrons. The summed E-state index contributed by atoms with van der Waals surface area (Å²) in [4.78, 5) is 26.3. The number of nitrogens with zero attached hydrogens (tertiary/aromatic N) is 2. The second-order valence-electron chi connectivity index (χ2n) is 5.34. The Balaban J connectivity index is 2.20. The van der Waals surface area contributed by atoms with E-state index in [9.17, 15) is 14.7 Å². The first-order valence-corrected chi connectivity index (χ1v) is 7.00. The van der Waals surface area contributed by atoms with Gasteiger partial charge in [-0.05, 0) is 31.9 Å². The number of carboxylic acids is 1. The van der Waals surface area contributed by atoms with E-state index in [1.165, 1.54) is 9.80 Å². The van der Waals surface area contributed by atoms with Gasteiger partial charge < -0.3 is 15.1 Å². The van der Waals surface area contributed by atoms with Crippen molar-refractivity contribution in [2.75, 3.05) is 24.5 Å². The van der Waals surface area contributed by atoms with E-state index < -0.39 is 18.6 Å². The van der Waals surface area contributed by atoms with Crippen LogP contribution in [0, 0.1) is 6.92 Å². The Bertz CT molecular complexity index is 515. The number of aryl methyl sites for hydroxylation is 1. The molecule has 1 fully saturated rings. The number of piperidine rings is 1.